The number of methoxy groups -OCH3 is 1. The quantitative estimate of drug-likeness (QED) is 0.894. The van der Waals surface area contributed by atoms with Crippen molar-refractivity contribution in [2.45, 2.75) is 45.9 Å². The summed E-state index contributed by atoms with van der Waals surface area (Å²) >= 11 is 0. The second-order valence-corrected chi connectivity index (χ2v) is 5.79. The van der Waals surface area contributed by atoms with Crippen molar-refractivity contribution in [1.29, 1.82) is 0 Å². The Labute approximate surface area is 122 Å². The largest absolute Gasteiger partial charge is 0.497 e. The second kappa shape index (κ2) is 6.59. The topological polar surface area (TPSA) is 30.5 Å². The standard InChI is InChI=1S/C17H27NO2/c1-6-18-17(14-7-9-15(19-5)10-8-14)16-11(2)12(3)20-13(16)4/h7-13,16-18H,6H2,1-5H3. The molecule has 0 spiro atoms. The molecule has 0 aliphatic carbocycles. The van der Waals surface area contributed by atoms with E-state index in [0.717, 1.165) is 12.3 Å². The van der Waals surface area contributed by atoms with Crippen LogP contribution in [-0.2, 0) is 4.74 Å². The van der Waals surface area contributed by atoms with E-state index in [9.17, 15) is 0 Å². The fraction of sp³-hybridized carbons (Fsp3) is 0.647. The van der Waals surface area contributed by atoms with Gasteiger partial charge in [0.25, 0.3) is 0 Å². The molecule has 5 atom stereocenters. The number of hydrogen-bond acceptors (Lipinski definition) is 3. The molecule has 0 amide bonds. The first-order chi connectivity index (χ1) is 9.58. The summed E-state index contributed by atoms with van der Waals surface area (Å²) in [5.41, 5.74) is 1.31. The molecule has 2 rings (SSSR count). The van der Waals surface area contributed by atoms with Gasteiger partial charge in [-0.05, 0) is 44.0 Å². The zero-order valence-electron chi connectivity index (χ0n) is 13.2. The van der Waals surface area contributed by atoms with Gasteiger partial charge in [-0.25, -0.2) is 0 Å². The predicted molar refractivity (Wildman–Crippen MR) is 82.1 cm³/mol. The zero-order valence-corrected chi connectivity index (χ0v) is 13.2. The summed E-state index contributed by atoms with van der Waals surface area (Å²) in [5.74, 6) is 1.95. The van der Waals surface area contributed by atoms with Gasteiger partial charge in [-0.15, -0.1) is 0 Å². The van der Waals surface area contributed by atoms with Gasteiger partial charge in [-0.2, -0.15) is 0 Å². The first-order valence-electron chi connectivity index (χ1n) is 7.61. The third-order valence-electron chi connectivity index (χ3n) is 4.60. The number of ether oxygens (including phenoxy) is 2. The molecule has 1 aliphatic heterocycles. The maximum atomic E-state index is 6.02. The molecule has 1 N–H and O–H groups in total. The summed E-state index contributed by atoms with van der Waals surface area (Å²) in [5, 5.41) is 3.64. The average molecular weight is 277 g/mol. The number of hydrogen-bond donors (Lipinski definition) is 1. The van der Waals surface area contributed by atoms with Crippen molar-refractivity contribution in [1.82, 2.24) is 5.32 Å². The van der Waals surface area contributed by atoms with Gasteiger partial charge in [0.15, 0.2) is 0 Å². The lowest BCUT2D eigenvalue weighted by Crippen LogP contribution is -2.34. The van der Waals surface area contributed by atoms with Gasteiger partial charge in [0, 0.05) is 12.0 Å². The number of benzene rings is 1. The Hall–Kier alpha value is -1.06. The highest BCUT2D eigenvalue weighted by Gasteiger charge is 2.41. The fourth-order valence-corrected chi connectivity index (χ4v) is 3.38. The number of rotatable bonds is 5. The van der Waals surface area contributed by atoms with Crippen molar-refractivity contribution in [2.75, 3.05) is 13.7 Å². The molecule has 0 radical (unpaired) electrons. The third kappa shape index (κ3) is 2.99. The van der Waals surface area contributed by atoms with Crippen LogP contribution in [0, 0.1) is 11.8 Å². The molecule has 0 saturated carbocycles. The van der Waals surface area contributed by atoms with Gasteiger partial charge in [-0.1, -0.05) is 26.0 Å². The van der Waals surface area contributed by atoms with E-state index in [1.165, 1.54) is 5.56 Å². The molecule has 0 aromatic heterocycles. The first kappa shape index (κ1) is 15.3. The molecule has 1 aliphatic rings. The molecule has 1 aromatic carbocycles. The zero-order chi connectivity index (χ0) is 14.7. The monoisotopic (exact) mass is 277 g/mol. The molecule has 0 bridgehead atoms. The van der Waals surface area contributed by atoms with Crippen molar-refractivity contribution in [2.24, 2.45) is 11.8 Å². The second-order valence-electron chi connectivity index (χ2n) is 5.79. The highest BCUT2D eigenvalue weighted by Crippen LogP contribution is 2.40. The van der Waals surface area contributed by atoms with Crippen LogP contribution >= 0.6 is 0 Å². The van der Waals surface area contributed by atoms with E-state index in [0.29, 0.717) is 24.0 Å². The van der Waals surface area contributed by atoms with Crippen LogP contribution in [0.3, 0.4) is 0 Å². The minimum atomic E-state index is 0.283. The van der Waals surface area contributed by atoms with Crippen molar-refractivity contribution in [3.63, 3.8) is 0 Å². The van der Waals surface area contributed by atoms with Gasteiger partial charge in [-0.3, -0.25) is 0 Å². The minimum absolute atomic E-state index is 0.283. The van der Waals surface area contributed by atoms with E-state index in [2.05, 4.69) is 45.1 Å². The normalized spacial score (nSPS) is 31.2. The van der Waals surface area contributed by atoms with Crippen molar-refractivity contribution in [3.05, 3.63) is 29.8 Å². The molecule has 5 unspecified atom stereocenters. The Bertz CT molecular complexity index is 418. The SMILES string of the molecule is CCNC(c1ccc(OC)cc1)C1C(C)OC(C)C1C. The van der Waals surface area contributed by atoms with Crippen LogP contribution < -0.4 is 10.1 Å². The van der Waals surface area contributed by atoms with Crippen LogP contribution in [0.4, 0.5) is 0 Å². The van der Waals surface area contributed by atoms with Gasteiger partial charge in [0.2, 0.25) is 0 Å². The lowest BCUT2D eigenvalue weighted by molar-refractivity contribution is 0.0475. The van der Waals surface area contributed by atoms with Crippen molar-refractivity contribution in [3.8, 4) is 5.75 Å². The van der Waals surface area contributed by atoms with Gasteiger partial charge < -0.3 is 14.8 Å². The molecular formula is C17H27NO2. The van der Waals surface area contributed by atoms with Crippen LogP contribution in [0.25, 0.3) is 0 Å². The molecular weight excluding hydrogens is 250 g/mol. The Morgan fingerprint density at radius 1 is 1.15 bits per heavy atom. The summed E-state index contributed by atoms with van der Waals surface area (Å²) in [4.78, 5) is 0. The maximum absolute atomic E-state index is 6.02. The smallest absolute Gasteiger partial charge is 0.118 e. The maximum Gasteiger partial charge on any atom is 0.118 e. The van der Waals surface area contributed by atoms with Gasteiger partial charge in [0.05, 0.1) is 19.3 Å². The van der Waals surface area contributed by atoms with Crippen LogP contribution in [0.2, 0.25) is 0 Å². The van der Waals surface area contributed by atoms with Crippen molar-refractivity contribution >= 4 is 0 Å². The summed E-state index contributed by atoms with van der Waals surface area (Å²) in [6.07, 6.45) is 0.612. The van der Waals surface area contributed by atoms with Gasteiger partial charge in [0.1, 0.15) is 5.75 Å². The molecule has 1 fully saturated rings. The summed E-state index contributed by atoms with van der Waals surface area (Å²) in [6.45, 7) is 9.79. The molecule has 1 heterocycles. The van der Waals surface area contributed by atoms with Crippen LogP contribution in [0.1, 0.15) is 39.3 Å². The Morgan fingerprint density at radius 3 is 2.25 bits per heavy atom. The highest BCUT2D eigenvalue weighted by molar-refractivity contribution is 5.30. The van der Waals surface area contributed by atoms with E-state index in [4.69, 9.17) is 9.47 Å². The van der Waals surface area contributed by atoms with Crippen LogP contribution in [0.5, 0.6) is 5.75 Å². The van der Waals surface area contributed by atoms with Gasteiger partial charge >= 0.3 is 0 Å². The van der Waals surface area contributed by atoms with E-state index in [1.807, 2.05) is 12.1 Å². The third-order valence-corrected chi connectivity index (χ3v) is 4.60. The van der Waals surface area contributed by atoms with E-state index in [-0.39, 0.29) is 6.10 Å². The summed E-state index contributed by atoms with van der Waals surface area (Å²) in [6, 6.07) is 8.73. The minimum Gasteiger partial charge on any atom is -0.497 e. The van der Waals surface area contributed by atoms with E-state index in [1.54, 1.807) is 7.11 Å². The summed E-state index contributed by atoms with van der Waals surface area (Å²) < 4.78 is 11.3. The molecule has 1 saturated heterocycles. The fourth-order valence-electron chi connectivity index (χ4n) is 3.38. The molecule has 112 valence electrons. The average Bonchev–Trinajstić information content (AvgIpc) is 2.70. The Kier molecular flexibility index (Phi) is 5.06. The van der Waals surface area contributed by atoms with Crippen molar-refractivity contribution < 1.29 is 9.47 Å². The first-order valence-corrected chi connectivity index (χ1v) is 7.61. The van der Waals surface area contributed by atoms with Crippen LogP contribution in [-0.4, -0.2) is 25.9 Å². The van der Waals surface area contributed by atoms with E-state index < -0.39 is 0 Å². The predicted octanol–water partition coefficient (Wildman–Crippen LogP) is 3.41. The Balaban J connectivity index is 2.25. The molecule has 20 heavy (non-hydrogen) atoms. The lowest BCUT2D eigenvalue weighted by Gasteiger charge is -2.30. The van der Waals surface area contributed by atoms with Crippen LogP contribution in [0.15, 0.2) is 24.3 Å². The Morgan fingerprint density at radius 2 is 1.80 bits per heavy atom. The molecule has 1 aromatic rings. The summed E-state index contributed by atoms with van der Waals surface area (Å²) in [7, 11) is 1.70. The highest BCUT2D eigenvalue weighted by atomic mass is 16.5. The lowest BCUT2D eigenvalue weighted by atomic mass is 9.80. The molecule has 3 nitrogen and oxygen atoms in total. The van der Waals surface area contributed by atoms with E-state index >= 15 is 0 Å². The number of nitrogens with one attached hydrogen (secondary N) is 1. The molecule has 3 heteroatoms.